The van der Waals surface area contributed by atoms with Crippen molar-refractivity contribution in [1.82, 2.24) is 29.9 Å². The smallest absolute Gasteiger partial charge is 0.281 e. The molecule has 0 saturated carbocycles. The van der Waals surface area contributed by atoms with Gasteiger partial charge in [-0.2, -0.15) is 0 Å². The molecule has 8 nitrogen and oxygen atoms in total. The Morgan fingerprint density at radius 1 is 0.868 bits per heavy atom. The van der Waals surface area contributed by atoms with Gasteiger partial charge in [-0.1, -0.05) is 96.2 Å². The summed E-state index contributed by atoms with van der Waals surface area (Å²) in [4.78, 5) is 36.3. The van der Waals surface area contributed by atoms with E-state index in [4.69, 9.17) is 4.98 Å². The number of nitrogens with one attached hydrogen (secondary N) is 1. The highest BCUT2D eigenvalue weighted by molar-refractivity contribution is 5.87. The molecule has 1 amide bonds. The van der Waals surface area contributed by atoms with Gasteiger partial charge in [0.2, 0.25) is 5.91 Å². The molecule has 0 unspecified atom stereocenters. The van der Waals surface area contributed by atoms with Gasteiger partial charge in [0.05, 0.1) is 12.5 Å². The van der Waals surface area contributed by atoms with Crippen molar-refractivity contribution < 1.29 is 4.79 Å². The Morgan fingerprint density at radius 3 is 2.05 bits per heavy atom. The zero-order chi connectivity index (χ0) is 25.9. The van der Waals surface area contributed by atoms with Crippen LogP contribution in [-0.2, 0) is 11.3 Å². The summed E-state index contributed by atoms with van der Waals surface area (Å²) in [5.41, 5.74) is 3.48. The van der Waals surface area contributed by atoms with E-state index in [1.165, 1.54) is 0 Å². The number of piperidine rings is 1. The van der Waals surface area contributed by atoms with E-state index in [0.717, 1.165) is 29.5 Å². The minimum absolute atomic E-state index is 0.0446. The number of aromatic nitrogens is 5. The van der Waals surface area contributed by atoms with Crippen LogP contribution in [0.5, 0.6) is 0 Å². The summed E-state index contributed by atoms with van der Waals surface area (Å²) in [6, 6.07) is 29.8. The lowest BCUT2D eigenvalue weighted by Crippen LogP contribution is -2.41. The molecule has 3 aromatic carbocycles. The van der Waals surface area contributed by atoms with Crippen LogP contribution in [-0.4, -0.2) is 48.9 Å². The van der Waals surface area contributed by atoms with Crippen molar-refractivity contribution in [2.24, 2.45) is 0 Å². The number of fused-ring (bicyclic) bond motifs is 1. The number of likely N-dealkylation sites (tertiary alicyclic amines) is 1. The van der Waals surface area contributed by atoms with Crippen molar-refractivity contribution in [2.45, 2.75) is 31.2 Å². The first-order valence-corrected chi connectivity index (χ1v) is 12.9. The fraction of sp³-hybridized carbons (Fsp3) is 0.233. The molecule has 6 rings (SSSR count). The molecule has 1 aliphatic heterocycles. The van der Waals surface area contributed by atoms with Gasteiger partial charge in [-0.05, 0) is 29.5 Å². The predicted octanol–water partition coefficient (Wildman–Crippen LogP) is 4.10. The van der Waals surface area contributed by atoms with E-state index in [1.807, 2.05) is 95.9 Å². The Hall–Kier alpha value is -4.59. The summed E-state index contributed by atoms with van der Waals surface area (Å²) >= 11 is 0. The van der Waals surface area contributed by atoms with E-state index >= 15 is 0 Å². The number of rotatable bonds is 6. The van der Waals surface area contributed by atoms with Gasteiger partial charge in [0.15, 0.2) is 11.2 Å². The molecule has 8 heteroatoms. The molecular formula is C30H28N6O2. The number of H-pyrrole nitrogens is 1. The molecular weight excluding hydrogens is 476 g/mol. The Bertz CT molecular complexity index is 1550. The molecule has 190 valence electrons. The summed E-state index contributed by atoms with van der Waals surface area (Å²) in [6.45, 7) is 1.69. The maximum Gasteiger partial charge on any atom is 0.281 e. The highest BCUT2D eigenvalue weighted by Gasteiger charge is 2.31. The third kappa shape index (κ3) is 4.72. The van der Waals surface area contributed by atoms with Crippen molar-refractivity contribution in [3.8, 4) is 0 Å². The third-order valence-electron chi connectivity index (χ3n) is 7.27. The topological polar surface area (TPSA) is 96.8 Å². The standard InChI is InChI=1S/C30H28N6O2/c37-29-26-28(36(34-33-26)20-21-10-4-1-5-11-21)31-27(32-29)24-16-18-35(19-17-24)30(38)25(22-12-6-2-7-13-22)23-14-8-3-9-15-23/h1-15,24-25H,16-20H2,(H,31,32,37). The van der Waals surface area contributed by atoms with Crippen LogP contribution in [0.1, 0.15) is 47.2 Å². The highest BCUT2D eigenvalue weighted by atomic mass is 16.2. The molecule has 1 saturated heterocycles. The van der Waals surface area contributed by atoms with E-state index in [0.29, 0.717) is 31.1 Å². The number of nitrogens with zero attached hydrogens (tertiary/aromatic N) is 5. The molecule has 5 aromatic rings. The fourth-order valence-corrected chi connectivity index (χ4v) is 5.26. The zero-order valence-corrected chi connectivity index (χ0v) is 20.9. The van der Waals surface area contributed by atoms with Crippen LogP contribution in [0.25, 0.3) is 11.2 Å². The first-order valence-electron chi connectivity index (χ1n) is 12.9. The van der Waals surface area contributed by atoms with Gasteiger partial charge in [0.25, 0.3) is 5.56 Å². The van der Waals surface area contributed by atoms with Crippen LogP contribution in [0.3, 0.4) is 0 Å². The predicted molar refractivity (Wildman–Crippen MR) is 145 cm³/mol. The molecule has 0 atom stereocenters. The number of hydrogen-bond acceptors (Lipinski definition) is 5. The molecule has 3 heterocycles. The molecule has 1 N–H and O–H groups in total. The monoisotopic (exact) mass is 504 g/mol. The minimum atomic E-state index is -0.346. The SMILES string of the molecule is O=C(C(c1ccccc1)c1ccccc1)N1CCC(c2nc3c(nnn3Cc3ccccc3)c(=O)[nH]2)CC1. The molecule has 1 aliphatic rings. The molecule has 0 radical (unpaired) electrons. The van der Waals surface area contributed by atoms with Gasteiger partial charge >= 0.3 is 0 Å². The summed E-state index contributed by atoms with van der Waals surface area (Å²) in [5, 5.41) is 8.25. The molecule has 38 heavy (non-hydrogen) atoms. The highest BCUT2D eigenvalue weighted by Crippen LogP contribution is 2.31. The van der Waals surface area contributed by atoms with E-state index < -0.39 is 0 Å². The number of hydrogen-bond donors (Lipinski definition) is 1. The molecule has 1 fully saturated rings. The van der Waals surface area contributed by atoms with E-state index in [-0.39, 0.29) is 28.8 Å². The largest absolute Gasteiger partial charge is 0.342 e. The summed E-state index contributed by atoms with van der Waals surface area (Å²) in [7, 11) is 0. The Morgan fingerprint density at radius 2 is 1.45 bits per heavy atom. The lowest BCUT2D eigenvalue weighted by atomic mass is 9.88. The number of aromatic amines is 1. The van der Waals surface area contributed by atoms with E-state index in [1.54, 1.807) is 4.68 Å². The fourth-order valence-electron chi connectivity index (χ4n) is 5.26. The van der Waals surface area contributed by atoms with E-state index in [2.05, 4.69) is 15.3 Å². The maximum absolute atomic E-state index is 13.8. The van der Waals surface area contributed by atoms with Gasteiger partial charge in [0, 0.05) is 19.0 Å². The van der Waals surface area contributed by atoms with Crippen molar-refractivity contribution >= 4 is 17.1 Å². The summed E-state index contributed by atoms with van der Waals surface area (Å²) in [6.07, 6.45) is 1.44. The van der Waals surface area contributed by atoms with Gasteiger partial charge in [0.1, 0.15) is 5.82 Å². The molecule has 0 aliphatic carbocycles. The molecule has 0 bridgehead atoms. The summed E-state index contributed by atoms with van der Waals surface area (Å²) in [5.74, 6) is 0.432. The second-order valence-corrected chi connectivity index (χ2v) is 9.71. The average Bonchev–Trinajstić information content (AvgIpc) is 3.38. The van der Waals surface area contributed by atoms with Crippen LogP contribution in [0, 0.1) is 0 Å². The van der Waals surface area contributed by atoms with E-state index in [9.17, 15) is 9.59 Å². The van der Waals surface area contributed by atoms with Gasteiger partial charge in [-0.3, -0.25) is 9.59 Å². The van der Waals surface area contributed by atoms with Gasteiger partial charge < -0.3 is 9.88 Å². The number of carbonyl (C=O) groups is 1. The van der Waals surface area contributed by atoms with Gasteiger partial charge in [-0.15, -0.1) is 5.10 Å². The van der Waals surface area contributed by atoms with Crippen LogP contribution in [0.2, 0.25) is 0 Å². The first kappa shape index (κ1) is 23.8. The first-order chi connectivity index (χ1) is 18.7. The second kappa shape index (κ2) is 10.4. The van der Waals surface area contributed by atoms with Crippen LogP contribution < -0.4 is 5.56 Å². The maximum atomic E-state index is 13.8. The second-order valence-electron chi connectivity index (χ2n) is 9.71. The van der Waals surface area contributed by atoms with Gasteiger partial charge in [-0.25, -0.2) is 9.67 Å². The average molecular weight is 505 g/mol. The number of benzene rings is 3. The summed E-state index contributed by atoms with van der Waals surface area (Å²) < 4.78 is 1.67. The minimum Gasteiger partial charge on any atom is -0.342 e. The van der Waals surface area contributed by atoms with Crippen LogP contribution in [0.4, 0.5) is 0 Å². The molecule has 2 aromatic heterocycles. The lowest BCUT2D eigenvalue weighted by Gasteiger charge is -2.34. The Kier molecular flexibility index (Phi) is 6.52. The molecule has 0 spiro atoms. The van der Waals surface area contributed by atoms with Crippen molar-refractivity contribution in [2.75, 3.05) is 13.1 Å². The van der Waals surface area contributed by atoms with Crippen LogP contribution in [0.15, 0.2) is 95.8 Å². The quantitative estimate of drug-likeness (QED) is 0.376. The van der Waals surface area contributed by atoms with Crippen molar-refractivity contribution in [1.29, 1.82) is 0 Å². The van der Waals surface area contributed by atoms with Crippen LogP contribution >= 0.6 is 0 Å². The Balaban J connectivity index is 1.21. The van der Waals surface area contributed by atoms with Crippen molar-refractivity contribution in [3.63, 3.8) is 0 Å². The Labute approximate surface area is 220 Å². The normalized spacial score (nSPS) is 14.3. The number of amides is 1. The number of carbonyl (C=O) groups excluding carboxylic acids is 1. The van der Waals surface area contributed by atoms with Crippen molar-refractivity contribution in [3.05, 3.63) is 124 Å². The third-order valence-corrected chi connectivity index (χ3v) is 7.27. The zero-order valence-electron chi connectivity index (χ0n) is 20.9. The lowest BCUT2D eigenvalue weighted by molar-refractivity contribution is -0.133.